The second-order valence-electron chi connectivity index (χ2n) is 5.86. The third-order valence-corrected chi connectivity index (χ3v) is 3.78. The first-order chi connectivity index (χ1) is 12.0. The predicted octanol–water partition coefficient (Wildman–Crippen LogP) is 4.04. The predicted molar refractivity (Wildman–Crippen MR) is 98.3 cm³/mol. The highest BCUT2D eigenvalue weighted by Crippen LogP contribution is 2.28. The molecule has 0 fully saturated rings. The number of aryl methyl sites for hydroxylation is 1. The van der Waals surface area contributed by atoms with Gasteiger partial charge in [0.1, 0.15) is 0 Å². The van der Waals surface area contributed by atoms with Gasteiger partial charge >= 0.3 is 5.97 Å². The average Bonchev–Trinajstić information content (AvgIpc) is 2.57. The molecule has 5 heteroatoms. The summed E-state index contributed by atoms with van der Waals surface area (Å²) in [7, 11) is 0. The van der Waals surface area contributed by atoms with Crippen LogP contribution in [0.2, 0.25) is 0 Å². The molecule has 1 aromatic carbocycles. The van der Waals surface area contributed by atoms with E-state index in [1.54, 1.807) is 12.4 Å². The first-order valence-corrected chi connectivity index (χ1v) is 8.18. The first kappa shape index (κ1) is 18.4. The van der Waals surface area contributed by atoms with Crippen molar-refractivity contribution >= 4 is 23.1 Å². The van der Waals surface area contributed by atoms with Crippen LogP contribution in [0, 0.1) is 6.92 Å². The summed E-state index contributed by atoms with van der Waals surface area (Å²) in [5.74, 6) is -0.909. The maximum absolute atomic E-state index is 11.4. The molecule has 0 aliphatic rings. The number of rotatable bonds is 7. The molecule has 2 rings (SSSR count). The highest BCUT2D eigenvalue weighted by atomic mass is 16.4. The van der Waals surface area contributed by atoms with E-state index in [0.717, 1.165) is 28.0 Å². The molecule has 0 aliphatic carbocycles. The Balaban J connectivity index is 2.36. The number of unbranched alkanes of at least 4 members (excludes halogenated alkanes) is 1. The zero-order valence-electron chi connectivity index (χ0n) is 14.5. The molecule has 0 saturated carbocycles. The number of carboxylic acids is 1. The quantitative estimate of drug-likeness (QED) is 0.747. The van der Waals surface area contributed by atoms with Crippen LogP contribution in [0.25, 0.3) is 5.57 Å². The van der Waals surface area contributed by atoms with Crippen molar-refractivity contribution in [3.8, 4) is 0 Å². The number of carbonyl (C=O) groups is 2. The summed E-state index contributed by atoms with van der Waals surface area (Å²) >= 11 is 0. The van der Waals surface area contributed by atoms with E-state index < -0.39 is 5.97 Å². The van der Waals surface area contributed by atoms with E-state index in [1.165, 1.54) is 6.92 Å². The molecule has 2 aromatic rings. The molecule has 0 aliphatic heterocycles. The molecule has 0 saturated heterocycles. The van der Waals surface area contributed by atoms with Crippen LogP contribution in [0.15, 0.2) is 48.8 Å². The van der Waals surface area contributed by atoms with E-state index >= 15 is 0 Å². The number of pyridine rings is 1. The van der Waals surface area contributed by atoms with Gasteiger partial charge in [0.05, 0.1) is 0 Å². The van der Waals surface area contributed by atoms with Crippen molar-refractivity contribution < 1.29 is 14.7 Å². The standard InChI is InChI=1S/C20H22N2O3/c1-14-9-10-16(12-19(14)22-15(2)23)18(7-3-4-8-20(24)25)17-6-5-11-21-13-17/h5-7,9-13H,3-4,8H2,1-2H3,(H,22,23)(H,24,25). The van der Waals surface area contributed by atoms with Crippen LogP contribution < -0.4 is 5.32 Å². The highest BCUT2D eigenvalue weighted by Gasteiger charge is 2.09. The lowest BCUT2D eigenvalue weighted by Crippen LogP contribution is -2.07. The van der Waals surface area contributed by atoms with Crippen molar-refractivity contribution in [1.82, 2.24) is 4.98 Å². The van der Waals surface area contributed by atoms with Crippen molar-refractivity contribution in [3.05, 3.63) is 65.5 Å². The van der Waals surface area contributed by atoms with Crippen LogP contribution in [0.1, 0.15) is 42.9 Å². The largest absolute Gasteiger partial charge is 0.481 e. The summed E-state index contributed by atoms with van der Waals surface area (Å²) < 4.78 is 0. The summed E-state index contributed by atoms with van der Waals surface area (Å²) in [6.45, 7) is 3.42. The Bertz CT molecular complexity index is 783. The van der Waals surface area contributed by atoms with Crippen LogP contribution in [0.5, 0.6) is 0 Å². The minimum atomic E-state index is -0.792. The molecule has 0 atom stereocenters. The van der Waals surface area contributed by atoms with Gasteiger partial charge in [0.25, 0.3) is 0 Å². The number of nitrogens with zero attached hydrogens (tertiary/aromatic N) is 1. The second-order valence-corrected chi connectivity index (χ2v) is 5.86. The van der Waals surface area contributed by atoms with Crippen LogP contribution in [-0.2, 0) is 9.59 Å². The SMILES string of the molecule is CC(=O)Nc1cc(C(=CCCCC(=O)O)c2cccnc2)ccc1C. The van der Waals surface area contributed by atoms with Gasteiger partial charge in [0, 0.05) is 37.0 Å². The Hall–Kier alpha value is -2.95. The summed E-state index contributed by atoms with van der Waals surface area (Å²) in [4.78, 5) is 26.3. The van der Waals surface area contributed by atoms with E-state index in [2.05, 4.69) is 10.3 Å². The van der Waals surface area contributed by atoms with Gasteiger partial charge in [-0.1, -0.05) is 24.3 Å². The van der Waals surface area contributed by atoms with Crippen LogP contribution in [0.3, 0.4) is 0 Å². The third kappa shape index (κ3) is 5.57. The van der Waals surface area contributed by atoms with Gasteiger partial charge in [-0.2, -0.15) is 0 Å². The van der Waals surface area contributed by atoms with Gasteiger partial charge in [-0.15, -0.1) is 0 Å². The molecule has 0 radical (unpaired) electrons. The van der Waals surface area contributed by atoms with Crippen molar-refractivity contribution in [1.29, 1.82) is 0 Å². The van der Waals surface area contributed by atoms with E-state index in [4.69, 9.17) is 5.11 Å². The Morgan fingerprint density at radius 3 is 2.68 bits per heavy atom. The van der Waals surface area contributed by atoms with Gasteiger partial charge in [-0.25, -0.2) is 0 Å². The number of carboxylic acid groups (broad SMARTS) is 1. The molecule has 1 aromatic heterocycles. The van der Waals surface area contributed by atoms with Crippen molar-refractivity contribution in [2.75, 3.05) is 5.32 Å². The topological polar surface area (TPSA) is 79.3 Å². The van der Waals surface area contributed by atoms with E-state index in [0.29, 0.717) is 12.8 Å². The minimum Gasteiger partial charge on any atom is -0.481 e. The number of allylic oxidation sites excluding steroid dienone is 1. The number of anilines is 1. The van der Waals surface area contributed by atoms with Crippen LogP contribution in [0.4, 0.5) is 5.69 Å². The molecule has 25 heavy (non-hydrogen) atoms. The Labute approximate surface area is 147 Å². The Morgan fingerprint density at radius 2 is 2.04 bits per heavy atom. The van der Waals surface area contributed by atoms with E-state index in [9.17, 15) is 9.59 Å². The summed E-state index contributed by atoms with van der Waals surface area (Å²) in [6.07, 6.45) is 6.89. The zero-order valence-corrected chi connectivity index (χ0v) is 14.5. The molecule has 5 nitrogen and oxygen atoms in total. The van der Waals surface area contributed by atoms with Crippen molar-refractivity contribution in [3.63, 3.8) is 0 Å². The monoisotopic (exact) mass is 338 g/mol. The fraction of sp³-hybridized carbons (Fsp3) is 0.250. The number of benzene rings is 1. The maximum atomic E-state index is 11.4. The third-order valence-electron chi connectivity index (χ3n) is 3.78. The maximum Gasteiger partial charge on any atom is 0.303 e. The van der Waals surface area contributed by atoms with Gasteiger partial charge < -0.3 is 10.4 Å². The number of aliphatic carboxylic acids is 1. The summed E-state index contributed by atoms with van der Waals surface area (Å²) in [5, 5.41) is 11.6. The van der Waals surface area contributed by atoms with Crippen molar-refractivity contribution in [2.45, 2.75) is 33.1 Å². The molecule has 1 amide bonds. The number of hydrogen-bond donors (Lipinski definition) is 2. The average molecular weight is 338 g/mol. The molecule has 2 N–H and O–H groups in total. The van der Waals surface area contributed by atoms with Gasteiger partial charge in [0.15, 0.2) is 0 Å². The molecular weight excluding hydrogens is 316 g/mol. The van der Waals surface area contributed by atoms with E-state index in [1.807, 2.05) is 43.3 Å². The first-order valence-electron chi connectivity index (χ1n) is 8.18. The molecule has 130 valence electrons. The second kappa shape index (κ2) is 8.78. The highest BCUT2D eigenvalue weighted by molar-refractivity contribution is 5.91. The number of carbonyl (C=O) groups excluding carboxylic acids is 1. The Kier molecular flexibility index (Phi) is 6.46. The number of amides is 1. The Morgan fingerprint density at radius 1 is 1.24 bits per heavy atom. The van der Waals surface area contributed by atoms with Crippen LogP contribution >= 0.6 is 0 Å². The molecule has 0 bridgehead atoms. The fourth-order valence-electron chi connectivity index (χ4n) is 2.54. The molecule has 0 unspecified atom stereocenters. The van der Waals surface area contributed by atoms with Crippen LogP contribution in [-0.4, -0.2) is 22.0 Å². The van der Waals surface area contributed by atoms with E-state index in [-0.39, 0.29) is 12.3 Å². The lowest BCUT2D eigenvalue weighted by atomic mass is 9.96. The van der Waals surface area contributed by atoms with Gasteiger partial charge in [-0.3, -0.25) is 14.6 Å². The zero-order chi connectivity index (χ0) is 18.2. The van der Waals surface area contributed by atoms with Crippen molar-refractivity contribution in [2.24, 2.45) is 0 Å². The summed E-state index contributed by atoms with van der Waals surface area (Å²) in [5.41, 5.74) is 4.64. The molecule has 0 spiro atoms. The molecule has 1 heterocycles. The minimum absolute atomic E-state index is 0.117. The summed E-state index contributed by atoms with van der Waals surface area (Å²) in [6, 6.07) is 9.73. The number of nitrogens with one attached hydrogen (secondary N) is 1. The van der Waals surface area contributed by atoms with Gasteiger partial charge in [0.2, 0.25) is 5.91 Å². The lowest BCUT2D eigenvalue weighted by molar-refractivity contribution is -0.137. The lowest BCUT2D eigenvalue weighted by Gasteiger charge is -2.13. The number of aromatic nitrogens is 1. The molecular formula is C20H22N2O3. The number of hydrogen-bond acceptors (Lipinski definition) is 3. The smallest absolute Gasteiger partial charge is 0.303 e. The van der Waals surface area contributed by atoms with Gasteiger partial charge in [-0.05, 0) is 48.6 Å². The normalized spacial score (nSPS) is 11.2. The fourth-order valence-corrected chi connectivity index (χ4v) is 2.54.